The number of benzene rings is 2. The number of aromatic nitrogens is 1. The molecular weight excluding hydrogens is 427 g/mol. The van der Waals surface area contributed by atoms with Crippen molar-refractivity contribution in [1.29, 1.82) is 0 Å². The van der Waals surface area contributed by atoms with Gasteiger partial charge in [-0.3, -0.25) is 9.59 Å². The number of rotatable bonds is 3. The highest BCUT2D eigenvalue weighted by Crippen LogP contribution is 2.37. The molecule has 7 nitrogen and oxygen atoms in total. The van der Waals surface area contributed by atoms with Crippen molar-refractivity contribution in [3.63, 3.8) is 0 Å². The molecule has 2 heterocycles. The zero-order chi connectivity index (χ0) is 19.8. The highest BCUT2D eigenvalue weighted by molar-refractivity contribution is 7.16. The third-order valence-electron chi connectivity index (χ3n) is 4.00. The first-order valence-corrected chi connectivity index (χ1v) is 9.57. The summed E-state index contributed by atoms with van der Waals surface area (Å²) in [6.07, 6.45) is 0. The minimum atomic E-state index is -0.533. The van der Waals surface area contributed by atoms with Gasteiger partial charge in [-0.2, -0.15) is 4.99 Å². The second-order valence-electron chi connectivity index (χ2n) is 5.80. The van der Waals surface area contributed by atoms with Gasteiger partial charge in [-0.1, -0.05) is 34.5 Å². The molecule has 1 aliphatic heterocycles. The molecule has 0 spiro atoms. The molecular formula is C18H12Cl2N2O5S. The Balaban J connectivity index is 1.87. The fraction of sp³-hybridized carbons (Fsp3) is 0.167. The Labute approximate surface area is 172 Å². The van der Waals surface area contributed by atoms with Gasteiger partial charge in [0.15, 0.2) is 16.3 Å². The van der Waals surface area contributed by atoms with Crippen LogP contribution >= 0.6 is 34.5 Å². The third kappa shape index (κ3) is 3.58. The minimum Gasteiger partial charge on any atom is -0.468 e. The number of esters is 1. The van der Waals surface area contributed by atoms with Crippen molar-refractivity contribution in [3.8, 4) is 11.5 Å². The number of halogens is 2. The second-order valence-corrected chi connectivity index (χ2v) is 7.68. The van der Waals surface area contributed by atoms with Gasteiger partial charge >= 0.3 is 5.97 Å². The predicted octanol–water partition coefficient (Wildman–Crippen LogP) is 3.65. The molecule has 28 heavy (non-hydrogen) atoms. The average molecular weight is 439 g/mol. The van der Waals surface area contributed by atoms with Crippen LogP contribution in [0.5, 0.6) is 11.5 Å². The Morgan fingerprint density at radius 3 is 2.50 bits per heavy atom. The van der Waals surface area contributed by atoms with Crippen LogP contribution in [0.1, 0.15) is 10.4 Å². The van der Waals surface area contributed by atoms with Crippen LogP contribution in [0.2, 0.25) is 10.0 Å². The molecule has 0 unspecified atom stereocenters. The summed E-state index contributed by atoms with van der Waals surface area (Å²) in [6.45, 7) is 0.0212. The first kappa shape index (κ1) is 18.8. The maximum atomic E-state index is 12.6. The SMILES string of the molecule is COC(=O)Cn1c(=NC(=O)c2cc(Cl)cc(Cl)c2)sc2cc3c(cc21)OCO3. The summed E-state index contributed by atoms with van der Waals surface area (Å²) < 4.78 is 17.9. The summed E-state index contributed by atoms with van der Waals surface area (Å²) in [7, 11) is 1.29. The molecule has 1 amide bonds. The Morgan fingerprint density at radius 2 is 1.82 bits per heavy atom. The standard InChI is InChI=1S/C18H12Cl2N2O5S/c1-25-16(23)7-22-12-5-13-14(27-8-26-13)6-15(12)28-18(22)21-17(24)9-2-10(19)4-11(20)3-9/h2-6H,7-8H2,1H3. The number of hydrogen-bond donors (Lipinski definition) is 0. The summed E-state index contributed by atoms with van der Waals surface area (Å²) in [4.78, 5) is 29.0. The van der Waals surface area contributed by atoms with E-state index in [9.17, 15) is 9.59 Å². The van der Waals surface area contributed by atoms with E-state index in [2.05, 4.69) is 4.99 Å². The van der Waals surface area contributed by atoms with Crippen molar-refractivity contribution < 1.29 is 23.8 Å². The second kappa shape index (κ2) is 7.46. The molecule has 144 valence electrons. The number of methoxy groups -OCH3 is 1. The maximum absolute atomic E-state index is 12.6. The normalized spacial score (nSPS) is 13.2. The van der Waals surface area contributed by atoms with Crippen molar-refractivity contribution in [2.24, 2.45) is 4.99 Å². The van der Waals surface area contributed by atoms with Crippen molar-refractivity contribution in [2.75, 3.05) is 13.9 Å². The number of thiazole rings is 1. The molecule has 1 aliphatic rings. The Bertz CT molecular complexity index is 1160. The highest BCUT2D eigenvalue weighted by atomic mass is 35.5. The first-order chi connectivity index (χ1) is 13.4. The minimum absolute atomic E-state index is 0.113. The summed E-state index contributed by atoms with van der Waals surface area (Å²) >= 11 is 13.2. The van der Waals surface area contributed by atoms with E-state index in [1.54, 1.807) is 16.7 Å². The van der Waals surface area contributed by atoms with E-state index in [0.717, 1.165) is 4.70 Å². The van der Waals surface area contributed by atoms with Gasteiger partial charge in [-0.25, -0.2) is 0 Å². The van der Waals surface area contributed by atoms with Crippen LogP contribution < -0.4 is 14.3 Å². The van der Waals surface area contributed by atoms with Crippen LogP contribution in [0.3, 0.4) is 0 Å². The van der Waals surface area contributed by atoms with Crippen LogP contribution in [-0.4, -0.2) is 30.3 Å². The van der Waals surface area contributed by atoms with Gasteiger partial charge in [0.1, 0.15) is 6.54 Å². The average Bonchev–Trinajstić information content (AvgIpc) is 3.23. The number of ether oxygens (including phenoxy) is 3. The molecule has 2 aromatic carbocycles. The number of hydrogen-bond acceptors (Lipinski definition) is 6. The lowest BCUT2D eigenvalue weighted by molar-refractivity contribution is -0.141. The van der Waals surface area contributed by atoms with Gasteiger partial charge in [0, 0.05) is 27.7 Å². The molecule has 1 aromatic heterocycles. The molecule has 3 aromatic rings. The van der Waals surface area contributed by atoms with E-state index < -0.39 is 11.9 Å². The molecule has 0 saturated carbocycles. The smallest absolute Gasteiger partial charge is 0.325 e. The molecule has 0 atom stereocenters. The van der Waals surface area contributed by atoms with Crippen molar-refractivity contribution in [2.45, 2.75) is 6.54 Å². The van der Waals surface area contributed by atoms with Gasteiger partial charge in [0.25, 0.3) is 5.91 Å². The van der Waals surface area contributed by atoms with E-state index in [4.69, 9.17) is 37.4 Å². The van der Waals surface area contributed by atoms with E-state index in [0.29, 0.717) is 31.9 Å². The molecule has 0 radical (unpaired) electrons. The molecule has 0 fully saturated rings. The molecule has 4 rings (SSSR count). The Hall–Kier alpha value is -2.55. The lowest BCUT2D eigenvalue weighted by Crippen LogP contribution is -2.22. The van der Waals surface area contributed by atoms with Crippen molar-refractivity contribution in [3.05, 3.63) is 50.7 Å². The van der Waals surface area contributed by atoms with Gasteiger partial charge < -0.3 is 18.8 Å². The van der Waals surface area contributed by atoms with Crippen LogP contribution in [0.4, 0.5) is 0 Å². The third-order valence-corrected chi connectivity index (χ3v) is 5.48. The van der Waals surface area contributed by atoms with E-state index in [1.165, 1.54) is 36.6 Å². The summed E-state index contributed by atoms with van der Waals surface area (Å²) in [6, 6.07) is 8.02. The molecule has 0 saturated heterocycles. The lowest BCUT2D eigenvalue weighted by Gasteiger charge is -2.04. The highest BCUT2D eigenvalue weighted by Gasteiger charge is 2.19. The van der Waals surface area contributed by atoms with Crippen molar-refractivity contribution in [1.82, 2.24) is 4.57 Å². The van der Waals surface area contributed by atoms with Gasteiger partial charge in [-0.05, 0) is 18.2 Å². The monoisotopic (exact) mass is 438 g/mol. The van der Waals surface area contributed by atoms with E-state index >= 15 is 0 Å². The van der Waals surface area contributed by atoms with Crippen LogP contribution in [0.25, 0.3) is 10.2 Å². The number of nitrogens with zero attached hydrogens (tertiary/aromatic N) is 2. The quantitative estimate of drug-likeness (QED) is 0.583. The number of fused-ring (bicyclic) bond motifs is 2. The fourth-order valence-electron chi connectivity index (χ4n) is 2.72. The predicted molar refractivity (Wildman–Crippen MR) is 104 cm³/mol. The lowest BCUT2D eigenvalue weighted by atomic mass is 10.2. The molecule has 0 bridgehead atoms. The largest absolute Gasteiger partial charge is 0.468 e. The van der Waals surface area contributed by atoms with Gasteiger partial charge in [0.2, 0.25) is 6.79 Å². The summed E-state index contributed by atoms with van der Waals surface area (Å²) in [5, 5.41) is 0.658. The van der Waals surface area contributed by atoms with Crippen LogP contribution in [-0.2, 0) is 16.1 Å². The topological polar surface area (TPSA) is 79.1 Å². The van der Waals surface area contributed by atoms with Crippen LogP contribution in [0.15, 0.2) is 35.3 Å². The molecule has 0 aliphatic carbocycles. The van der Waals surface area contributed by atoms with E-state index in [1.807, 2.05) is 0 Å². The number of carbonyl (C=O) groups is 2. The zero-order valence-corrected chi connectivity index (χ0v) is 16.7. The van der Waals surface area contributed by atoms with Crippen molar-refractivity contribution >= 4 is 56.6 Å². The Morgan fingerprint density at radius 1 is 1.14 bits per heavy atom. The number of amides is 1. The molecule has 10 heteroatoms. The summed E-state index contributed by atoms with van der Waals surface area (Å²) in [5.41, 5.74) is 0.920. The molecule has 0 N–H and O–H groups in total. The Kier molecular flexibility index (Phi) is 5.01. The fourth-order valence-corrected chi connectivity index (χ4v) is 4.28. The van der Waals surface area contributed by atoms with Gasteiger partial charge in [-0.15, -0.1) is 0 Å². The summed E-state index contributed by atoms with van der Waals surface area (Å²) in [5.74, 6) is 0.147. The van der Waals surface area contributed by atoms with E-state index in [-0.39, 0.29) is 18.9 Å². The zero-order valence-electron chi connectivity index (χ0n) is 14.4. The maximum Gasteiger partial charge on any atom is 0.325 e. The van der Waals surface area contributed by atoms with Gasteiger partial charge in [0.05, 0.1) is 17.3 Å². The van der Waals surface area contributed by atoms with Crippen LogP contribution in [0, 0.1) is 0 Å². The first-order valence-electron chi connectivity index (χ1n) is 7.99. The number of carbonyl (C=O) groups excluding carboxylic acids is 2.